The van der Waals surface area contributed by atoms with Crippen LogP contribution in [0.3, 0.4) is 0 Å². The lowest BCUT2D eigenvalue weighted by molar-refractivity contribution is -0.117. The third-order valence-electron chi connectivity index (χ3n) is 5.72. The third-order valence-corrected chi connectivity index (χ3v) is 5.72. The molecule has 1 aromatic carbocycles. The van der Waals surface area contributed by atoms with Gasteiger partial charge in [0.15, 0.2) is 11.5 Å². The molecule has 3 aliphatic heterocycles. The minimum Gasteiger partial charge on any atom is -0.486 e. The molecule has 0 spiro atoms. The van der Waals surface area contributed by atoms with E-state index >= 15 is 0 Å². The van der Waals surface area contributed by atoms with Crippen LogP contribution in [0.25, 0.3) is 0 Å². The fourth-order valence-electron chi connectivity index (χ4n) is 4.32. The largest absolute Gasteiger partial charge is 0.486 e. The molecule has 2 saturated heterocycles. The molecule has 3 atom stereocenters. The van der Waals surface area contributed by atoms with Crippen molar-refractivity contribution in [3.05, 3.63) is 18.2 Å². The van der Waals surface area contributed by atoms with Crippen LogP contribution in [0.4, 0.5) is 10.5 Å². The molecule has 0 aliphatic carbocycles. The highest BCUT2D eigenvalue weighted by molar-refractivity contribution is 5.97. The van der Waals surface area contributed by atoms with Gasteiger partial charge in [0.05, 0.1) is 6.04 Å². The van der Waals surface area contributed by atoms with Crippen molar-refractivity contribution < 1.29 is 19.1 Å². The van der Waals surface area contributed by atoms with Crippen molar-refractivity contribution in [1.29, 1.82) is 0 Å². The van der Waals surface area contributed by atoms with Gasteiger partial charge in [-0.05, 0) is 45.2 Å². The summed E-state index contributed by atoms with van der Waals surface area (Å²) in [6.07, 6.45) is 3.54. The number of ether oxygens (including phenoxy) is 2. The summed E-state index contributed by atoms with van der Waals surface area (Å²) in [4.78, 5) is 28.9. The Labute approximate surface area is 159 Å². The maximum Gasteiger partial charge on any atom is 0.318 e. The maximum absolute atomic E-state index is 12.8. The molecule has 3 heterocycles. The number of urea groups is 1. The third kappa shape index (κ3) is 3.55. The van der Waals surface area contributed by atoms with Gasteiger partial charge in [0.25, 0.3) is 0 Å². The number of hydrogen-bond acceptors (Lipinski definition) is 4. The number of carbonyl (C=O) groups excluding carboxylic acids is 2. The number of carbonyl (C=O) groups is 2. The number of fused-ring (bicyclic) bond motifs is 1. The first-order valence-corrected chi connectivity index (χ1v) is 9.82. The molecular formula is C20H27N3O4. The summed E-state index contributed by atoms with van der Waals surface area (Å²) in [5.41, 5.74) is 0.778. The second-order valence-electron chi connectivity index (χ2n) is 7.72. The molecule has 3 amide bonds. The lowest BCUT2D eigenvalue weighted by Crippen LogP contribution is -2.54. The zero-order valence-corrected chi connectivity index (χ0v) is 15.9. The highest BCUT2D eigenvalue weighted by Crippen LogP contribution is 2.35. The van der Waals surface area contributed by atoms with Crippen LogP contribution in [-0.2, 0) is 4.79 Å². The quantitative estimate of drug-likeness (QED) is 0.865. The molecule has 7 nitrogen and oxygen atoms in total. The van der Waals surface area contributed by atoms with Gasteiger partial charge in [0.2, 0.25) is 5.91 Å². The number of likely N-dealkylation sites (tertiary alicyclic amines) is 1. The van der Waals surface area contributed by atoms with Crippen molar-refractivity contribution in [1.82, 2.24) is 10.2 Å². The second kappa shape index (κ2) is 7.29. The van der Waals surface area contributed by atoms with Crippen molar-refractivity contribution >= 4 is 17.6 Å². The van der Waals surface area contributed by atoms with Crippen molar-refractivity contribution in [2.75, 3.05) is 24.7 Å². The smallest absolute Gasteiger partial charge is 0.318 e. The molecule has 0 saturated carbocycles. The van der Waals surface area contributed by atoms with Crippen LogP contribution in [0.5, 0.6) is 11.5 Å². The summed E-state index contributed by atoms with van der Waals surface area (Å²) < 4.78 is 11.2. The molecule has 3 aliphatic rings. The lowest BCUT2D eigenvalue weighted by atomic mass is 9.98. The maximum atomic E-state index is 12.8. The van der Waals surface area contributed by atoms with Crippen molar-refractivity contribution in [2.24, 2.45) is 0 Å². The minimum atomic E-state index is -0.181. The van der Waals surface area contributed by atoms with E-state index in [0.717, 1.165) is 24.9 Å². The van der Waals surface area contributed by atoms with Crippen LogP contribution in [0, 0.1) is 0 Å². The Balaban J connectivity index is 1.42. The minimum absolute atomic E-state index is 0.0109. The van der Waals surface area contributed by atoms with E-state index in [0.29, 0.717) is 37.7 Å². The first-order chi connectivity index (χ1) is 13.0. The fourth-order valence-corrected chi connectivity index (χ4v) is 4.32. The summed E-state index contributed by atoms with van der Waals surface area (Å²) >= 11 is 0. The summed E-state index contributed by atoms with van der Waals surface area (Å²) in [6, 6.07) is 5.77. The molecule has 0 aromatic heterocycles. The molecule has 27 heavy (non-hydrogen) atoms. The Morgan fingerprint density at radius 2 is 1.81 bits per heavy atom. The van der Waals surface area contributed by atoms with Gasteiger partial charge in [0, 0.05) is 36.8 Å². The summed E-state index contributed by atoms with van der Waals surface area (Å²) in [7, 11) is 0. The fraction of sp³-hybridized carbons (Fsp3) is 0.600. The first-order valence-electron chi connectivity index (χ1n) is 9.82. The van der Waals surface area contributed by atoms with Crippen molar-refractivity contribution in [3.8, 4) is 11.5 Å². The van der Waals surface area contributed by atoms with Crippen LogP contribution in [-0.4, -0.2) is 54.7 Å². The van der Waals surface area contributed by atoms with Crippen LogP contribution in [0.2, 0.25) is 0 Å². The van der Waals surface area contributed by atoms with Crippen LogP contribution in [0.15, 0.2) is 18.2 Å². The summed E-state index contributed by atoms with van der Waals surface area (Å²) in [6.45, 7) is 5.71. The zero-order chi connectivity index (χ0) is 19.0. The van der Waals surface area contributed by atoms with Crippen molar-refractivity contribution in [3.63, 3.8) is 0 Å². The number of anilines is 1. The molecule has 0 bridgehead atoms. The van der Waals surface area contributed by atoms with Crippen molar-refractivity contribution in [2.45, 2.75) is 57.7 Å². The summed E-state index contributed by atoms with van der Waals surface area (Å²) in [5, 5.41) is 3.07. The van der Waals surface area contributed by atoms with E-state index in [1.165, 1.54) is 0 Å². The van der Waals surface area contributed by atoms with E-state index in [-0.39, 0.29) is 30.1 Å². The van der Waals surface area contributed by atoms with Crippen LogP contribution in [0.1, 0.15) is 39.5 Å². The molecule has 7 heteroatoms. The molecule has 0 radical (unpaired) electrons. The van der Waals surface area contributed by atoms with E-state index < -0.39 is 0 Å². The van der Waals surface area contributed by atoms with Gasteiger partial charge in [-0.1, -0.05) is 0 Å². The Morgan fingerprint density at radius 3 is 2.56 bits per heavy atom. The number of nitrogens with zero attached hydrogens (tertiary/aromatic N) is 2. The second-order valence-corrected chi connectivity index (χ2v) is 7.72. The number of amides is 3. The molecule has 146 valence electrons. The van der Waals surface area contributed by atoms with E-state index in [1.807, 2.05) is 23.1 Å². The number of benzene rings is 1. The number of rotatable bonds is 2. The predicted molar refractivity (Wildman–Crippen MR) is 101 cm³/mol. The van der Waals surface area contributed by atoms with Gasteiger partial charge in [-0.25, -0.2) is 4.79 Å². The predicted octanol–water partition coefficient (Wildman–Crippen LogP) is 2.54. The SMILES string of the molecule is C[C@@H]1CCC[C@@H](C)N1C(=O)N[C@@H]1CC(=O)N(c2ccc3c(c2)OCCO3)C1. The highest BCUT2D eigenvalue weighted by Gasteiger charge is 2.35. The molecule has 4 rings (SSSR count). The monoisotopic (exact) mass is 373 g/mol. The zero-order valence-electron chi connectivity index (χ0n) is 15.9. The standard InChI is InChI=1S/C20H27N3O4/c1-13-4-3-5-14(2)23(13)20(25)21-15-10-19(24)22(12-15)16-6-7-17-18(11-16)27-9-8-26-17/h6-7,11,13-15H,3-5,8-10,12H2,1-2H3,(H,21,25)/t13-,14-,15-/m1/s1. The molecule has 2 fully saturated rings. The average molecular weight is 373 g/mol. The molecule has 1 N–H and O–H groups in total. The van der Waals surface area contributed by atoms with Gasteiger partial charge in [-0.2, -0.15) is 0 Å². The Bertz CT molecular complexity index is 728. The van der Waals surface area contributed by atoms with E-state index in [2.05, 4.69) is 19.2 Å². The van der Waals surface area contributed by atoms with E-state index in [9.17, 15) is 9.59 Å². The Kier molecular flexibility index (Phi) is 4.85. The normalized spacial score (nSPS) is 27.6. The topological polar surface area (TPSA) is 71.1 Å². The first kappa shape index (κ1) is 17.9. The van der Waals surface area contributed by atoms with Gasteiger partial charge in [-0.15, -0.1) is 0 Å². The van der Waals surface area contributed by atoms with Gasteiger partial charge in [-0.3, -0.25) is 4.79 Å². The Hall–Kier alpha value is -2.44. The van der Waals surface area contributed by atoms with Gasteiger partial charge < -0.3 is 24.6 Å². The number of nitrogens with one attached hydrogen (secondary N) is 1. The summed E-state index contributed by atoms with van der Waals surface area (Å²) in [5.74, 6) is 1.38. The molecule has 0 unspecified atom stereocenters. The number of hydrogen-bond donors (Lipinski definition) is 1. The number of piperidine rings is 1. The van der Waals surface area contributed by atoms with Crippen LogP contribution < -0.4 is 19.7 Å². The van der Waals surface area contributed by atoms with Crippen LogP contribution >= 0.6 is 0 Å². The highest BCUT2D eigenvalue weighted by atomic mass is 16.6. The van der Waals surface area contributed by atoms with E-state index in [1.54, 1.807) is 4.90 Å². The van der Waals surface area contributed by atoms with E-state index in [4.69, 9.17) is 9.47 Å². The average Bonchev–Trinajstić information content (AvgIpc) is 3.01. The molecule has 1 aromatic rings. The molecular weight excluding hydrogens is 346 g/mol. The van der Waals surface area contributed by atoms with Gasteiger partial charge in [0.1, 0.15) is 13.2 Å². The van der Waals surface area contributed by atoms with Gasteiger partial charge >= 0.3 is 6.03 Å². The Morgan fingerprint density at radius 1 is 1.11 bits per heavy atom. The lowest BCUT2D eigenvalue weighted by Gasteiger charge is -2.39.